The minimum atomic E-state index is -0.321. The smallest absolute Gasteiger partial charge is 0.123 e. The van der Waals surface area contributed by atoms with E-state index in [9.17, 15) is 13.9 Å². The fourth-order valence-electron chi connectivity index (χ4n) is 2.85. The Balaban J connectivity index is 2.30. The molecule has 0 saturated carbocycles. The SMILES string of the molecule is CC(C)c1nc(-c2ccc(F)cc2)c(-c2ccc(F)cc2)n1/C=C/CO. The lowest BCUT2D eigenvalue weighted by Crippen LogP contribution is -2.01. The van der Waals surface area contributed by atoms with Crippen molar-refractivity contribution in [2.75, 3.05) is 6.61 Å². The third-order valence-corrected chi connectivity index (χ3v) is 4.05. The van der Waals surface area contributed by atoms with E-state index < -0.39 is 0 Å². The Kier molecular flexibility index (Phi) is 5.28. The lowest BCUT2D eigenvalue weighted by atomic mass is 10.0. The van der Waals surface area contributed by atoms with Crippen molar-refractivity contribution in [3.63, 3.8) is 0 Å². The summed E-state index contributed by atoms with van der Waals surface area (Å²) < 4.78 is 28.6. The van der Waals surface area contributed by atoms with Crippen molar-refractivity contribution in [2.24, 2.45) is 0 Å². The minimum absolute atomic E-state index is 0.107. The first kappa shape index (κ1) is 18.0. The largest absolute Gasteiger partial charge is 0.392 e. The van der Waals surface area contributed by atoms with Crippen LogP contribution in [0, 0.1) is 11.6 Å². The molecule has 0 unspecified atom stereocenters. The Morgan fingerprint density at radius 3 is 2.00 bits per heavy atom. The second-order valence-electron chi connectivity index (χ2n) is 6.27. The average molecular weight is 354 g/mol. The molecule has 1 heterocycles. The number of hydrogen-bond acceptors (Lipinski definition) is 2. The van der Waals surface area contributed by atoms with E-state index in [1.54, 1.807) is 36.5 Å². The van der Waals surface area contributed by atoms with Crippen LogP contribution in [0.4, 0.5) is 8.78 Å². The van der Waals surface area contributed by atoms with Crippen LogP contribution in [0.2, 0.25) is 0 Å². The molecule has 134 valence electrons. The lowest BCUT2D eigenvalue weighted by Gasteiger charge is -2.10. The highest BCUT2D eigenvalue weighted by Gasteiger charge is 2.20. The maximum atomic E-state index is 13.4. The van der Waals surface area contributed by atoms with Crippen LogP contribution < -0.4 is 0 Å². The topological polar surface area (TPSA) is 38.0 Å². The molecule has 0 aliphatic rings. The van der Waals surface area contributed by atoms with Crippen LogP contribution in [0.1, 0.15) is 25.6 Å². The molecule has 0 aliphatic carbocycles. The zero-order chi connectivity index (χ0) is 18.7. The number of nitrogens with zero attached hydrogens (tertiary/aromatic N) is 2. The maximum absolute atomic E-state index is 13.4. The lowest BCUT2D eigenvalue weighted by molar-refractivity contribution is 0.343. The van der Waals surface area contributed by atoms with Gasteiger partial charge in [-0.3, -0.25) is 0 Å². The summed E-state index contributed by atoms with van der Waals surface area (Å²) in [6.45, 7) is 3.94. The van der Waals surface area contributed by atoms with Crippen LogP contribution in [-0.2, 0) is 0 Å². The molecule has 0 fully saturated rings. The molecular formula is C21H20F2N2O. The van der Waals surface area contributed by atoms with E-state index in [1.807, 2.05) is 18.4 Å². The van der Waals surface area contributed by atoms with Crippen molar-refractivity contribution in [1.29, 1.82) is 0 Å². The van der Waals surface area contributed by atoms with E-state index in [4.69, 9.17) is 4.98 Å². The summed E-state index contributed by atoms with van der Waals surface area (Å²) in [4.78, 5) is 4.78. The molecule has 2 aromatic carbocycles. The van der Waals surface area contributed by atoms with Crippen molar-refractivity contribution in [2.45, 2.75) is 19.8 Å². The number of aromatic nitrogens is 2. The van der Waals surface area contributed by atoms with Crippen molar-refractivity contribution in [3.05, 3.63) is 72.1 Å². The quantitative estimate of drug-likeness (QED) is 0.694. The maximum Gasteiger partial charge on any atom is 0.123 e. The number of hydrogen-bond donors (Lipinski definition) is 1. The third kappa shape index (κ3) is 3.58. The van der Waals surface area contributed by atoms with Gasteiger partial charge in [-0.1, -0.05) is 13.8 Å². The van der Waals surface area contributed by atoms with Gasteiger partial charge in [0, 0.05) is 23.2 Å². The molecule has 26 heavy (non-hydrogen) atoms. The predicted molar refractivity (Wildman–Crippen MR) is 99.5 cm³/mol. The number of benzene rings is 2. The molecule has 3 nitrogen and oxygen atoms in total. The zero-order valence-corrected chi connectivity index (χ0v) is 14.7. The zero-order valence-electron chi connectivity index (χ0n) is 14.7. The van der Waals surface area contributed by atoms with Crippen LogP contribution in [0.3, 0.4) is 0 Å². The van der Waals surface area contributed by atoms with E-state index in [-0.39, 0.29) is 24.2 Å². The van der Waals surface area contributed by atoms with Crippen molar-refractivity contribution < 1.29 is 13.9 Å². The Bertz CT molecular complexity index is 910. The molecule has 0 saturated heterocycles. The second-order valence-corrected chi connectivity index (χ2v) is 6.27. The number of aliphatic hydroxyl groups excluding tert-OH is 1. The molecule has 0 radical (unpaired) electrons. The van der Waals surface area contributed by atoms with E-state index >= 15 is 0 Å². The van der Waals surface area contributed by atoms with Crippen molar-refractivity contribution >= 4 is 6.20 Å². The molecule has 0 atom stereocenters. The van der Waals surface area contributed by atoms with Gasteiger partial charge in [0.1, 0.15) is 17.5 Å². The Morgan fingerprint density at radius 1 is 0.962 bits per heavy atom. The highest BCUT2D eigenvalue weighted by atomic mass is 19.1. The fraction of sp³-hybridized carbons (Fsp3) is 0.190. The third-order valence-electron chi connectivity index (χ3n) is 4.05. The number of rotatable bonds is 5. The highest BCUT2D eigenvalue weighted by molar-refractivity contribution is 5.80. The molecule has 5 heteroatoms. The van der Waals surface area contributed by atoms with E-state index in [1.165, 1.54) is 24.3 Å². The van der Waals surface area contributed by atoms with E-state index in [2.05, 4.69) is 0 Å². The van der Waals surface area contributed by atoms with Crippen LogP contribution >= 0.6 is 0 Å². The normalized spacial score (nSPS) is 11.6. The molecular weight excluding hydrogens is 334 g/mol. The molecule has 3 rings (SSSR count). The fourth-order valence-corrected chi connectivity index (χ4v) is 2.85. The van der Waals surface area contributed by atoms with E-state index in [0.29, 0.717) is 5.69 Å². The molecule has 0 spiro atoms. The average Bonchev–Trinajstić information content (AvgIpc) is 3.01. The van der Waals surface area contributed by atoms with Crippen LogP contribution in [0.15, 0.2) is 54.6 Å². The van der Waals surface area contributed by atoms with E-state index in [0.717, 1.165) is 22.6 Å². The van der Waals surface area contributed by atoms with Gasteiger partial charge in [0.05, 0.1) is 18.0 Å². The van der Waals surface area contributed by atoms with Gasteiger partial charge in [0.15, 0.2) is 0 Å². The minimum Gasteiger partial charge on any atom is -0.392 e. The molecule has 3 aromatic rings. The molecule has 0 amide bonds. The van der Waals surface area contributed by atoms with Gasteiger partial charge < -0.3 is 9.67 Å². The van der Waals surface area contributed by atoms with Gasteiger partial charge in [-0.05, 0) is 54.6 Å². The van der Waals surface area contributed by atoms with Crippen LogP contribution in [-0.4, -0.2) is 21.3 Å². The molecule has 0 aliphatic heterocycles. The van der Waals surface area contributed by atoms with Gasteiger partial charge in [-0.25, -0.2) is 13.8 Å². The predicted octanol–water partition coefficient (Wildman–Crippen LogP) is 5.08. The molecule has 0 bridgehead atoms. The molecule has 1 aromatic heterocycles. The highest BCUT2D eigenvalue weighted by Crippen LogP contribution is 2.35. The summed E-state index contributed by atoms with van der Waals surface area (Å²) in [7, 11) is 0. The van der Waals surface area contributed by atoms with Gasteiger partial charge in [-0.15, -0.1) is 0 Å². The summed E-state index contributed by atoms with van der Waals surface area (Å²) >= 11 is 0. The standard InChI is InChI=1S/C21H20F2N2O/c1-14(2)21-24-19(15-4-8-17(22)9-5-15)20(25(21)12-3-13-26)16-6-10-18(23)11-7-16/h3-12,14,26H,13H2,1-2H3/b12-3+. The van der Waals surface area contributed by atoms with Crippen molar-refractivity contribution in [1.82, 2.24) is 9.55 Å². The monoisotopic (exact) mass is 354 g/mol. The number of imidazole rings is 1. The first-order valence-corrected chi connectivity index (χ1v) is 8.42. The first-order valence-electron chi connectivity index (χ1n) is 8.42. The van der Waals surface area contributed by atoms with Gasteiger partial charge in [0.25, 0.3) is 0 Å². The Hall–Kier alpha value is -2.79. The summed E-state index contributed by atoms with van der Waals surface area (Å²) in [6, 6.07) is 12.3. The van der Waals surface area contributed by atoms with Gasteiger partial charge in [-0.2, -0.15) is 0 Å². The summed E-state index contributed by atoms with van der Waals surface area (Å²) in [6.07, 6.45) is 3.38. The van der Waals surface area contributed by atoms with Crippen LogP contribution in [0.5, 0.6) is 0 Å². The summed E-state index contributed by atoms with van der Waals surface area (Å²) in [5.74, 6) is 0.277. The number of aliphatic hydroxyl groups is 1. The summed E-state index contributed by atoms with van der Waals surface area (Å²) in [5, 5.41) is 9.20. The second kappa shape index (κ2) is 7.62. The summed E-state index contributed by atoms with van der Waals surface area (Å²) in [5.41, 5.74) is 3.00. The Labute approximate surface area is 151 Å². The Morgan fingerprint density at radius 2 is 1.50 bits per heavy atom. The first-order chi connectivity index (χ1) is 12.5. The van der Waals surface area contributed by atoms with Crippen LogP contribution in [0.25, 0.3) is 28.7 Å². The van der Waals surface area contributed by atoms with Crippen molar-refractivity contribution in [3.8, 4) is 22.5 Å². The molecule has 1 N–H and O–H groups in total. The van der Waals surface area contributed by atoms with Gasteiger partial charge in [0.2, 0.25) is 0 Å². The number of halogens is 2. The van der Waals surface area contributed by atoms with Gasteiger partial charge >= 0.3 is 0 Å².